The molecule has 27 heavy (non-hydrogen) atoms. The molecule has 1 fully saturated rings. The largest absolute Gasteiger partial charge is 0.309 e. The number of aromatic nitrogens is 2. The first-order valence-electron chi connectivity index (χ1n) is 8.34. The molecule has 1 atom stereocenters. The van der Waals surface area contributed by atoms with Crippen LogP contribution in [0.1, 0.15) is 6.42 Å². The average molecular weight is 382 g/mol. The minimum absolute atomic E-state index is 0.0403. The predicted octanol–water partition coefficient (Wildman–Crippen LogP) is 3.34. The molecule has 1 aliphatic heterocycles. The Morgan fingerprint density at radius 2 is 2.00 bits per heavy atom. The van der Waals surface area contributed by atoms with Crippen LogP contribution in [0.15, 0.2) is 54.0 Å². The van der Waals surface area contributed by atoms with E-state index in [0.717, 1.165) is 5.69 Å². The molecule has 0 spiro atoms. The van der Waals surface area contributed by atoms with Crippen LogP contribution in [0.4, 0.5) is 15.2 Å². The number of rotatable bonds is 4. The predicted molar refractivity (Wildman–Crippen MR) is 101 cm³/mol. The van der Waals surface area contributed by atoms with Gasteiger partial charge in [-0.25, -0.2) is 9.37 Å². The van der Waals surface area contributed by atoms with Gasteiger partial charge in [0.15, 0.2) is 5.13 Å². The van der Waals surface area contributed by atoms with Gasteiger partial charge in [0.25, 0.3) is 0 Å². The van der Waals surface area contributed by atoms with E-state index in [9.17, 15) is 14.0 Å². The molecule has 0 saturated carbocycles. The van der Waals surface area contributed by atoms with E-state index in [-0.39, 0.29) is 30.5 Å². The van der Waals surface area contributed by atoms with E-state index in [1.807, 2.05) is 23.6 Å². The third-order valence-corrected chi connectivity index (χ3v) is 5.06. The lowest BCUT2D eigenvalue weighted by Crippen LogP contribution is -2.28. The lowest BCUT2D eigenvalue weighted by atomic mass is 10.1. The highest BCUT2D eigenvalue weighted by Gasteiger charge is 2.36. The van der Waals surface area contributed by atoms with Gasteiger partial charge in [-0.3, -0.25) is 14.6 Å². The summed E-state index contributed by atoms with van der Waals surface area (Å²) >= 11 is 1.29. The van der Waals surface area contributed by atoms with E-state index in [4.69, 9.17) is 0 Å². The first-order chi connectivity index (χ1) is 13.1. The molecule has 1 saturated heterocycles. The molecule has 4 rings (SSSR count). The molecule has 8 heteroatoms. The van der Waals surface area contributed by atoms with E-state index in [2.05, 4.69) is 15.3 Å². The van der Waals surface area contributed by atoms with E-state index in [0.29, 0.717) is 10.8 Å². The summed E-state index contributed by atoms with van der Waals surface area (Å²) in [6.07, 6.45) is 1.72. The van der Waals surface area contributed by atoms with Gasteiger partial charge in [0, 0.05) is 24.5 Å². The third kappa shape index (κ3) is 3.56. The summed E-state index contributed by atoms with van der Waals surface area (Å²) < 4.78 is 13.9. The van der Waals surface area contributed by atoms with E-state index in [1.165, 1.54) is 28.4 Å². The van der Waals surface area contributed by atoms with Crippen LogP contribution in [0.25, 0.3) is 11.4 Å². The number of hydrogen-bond donors (Lipinski definition) is 1. The second-order valence-corrected chi connectivity index (χ2v) is 6.96. The maximum absolute atomic E-state index is 13.9. The SMILES string of the molecule is O=C(Nc1nc(-c2ccccn2)cs1)[C@@H]1CC(=O)N(c2ccccc2F)C1. The fraction of sp³-hybridized carbons (Fsp3) is 0.158. The zero-order chi connectivity index (χ0) is 18.8. The highest BCUT2D eigenvalue weighted by Crippen LogP contribution is 2.29. The van der Waals surface area contributed by atoms with Crippen molar-refractivity contribution in [3.8, 4) is 11.4 Å². The average Bonchev–Trinajstić information content (AvgIpc) is 3.30. The third-order valence-electron chi connectivity index (χ3n) is 4.30. The first kappa shape index (κ1) is 17.3. The van der Waals surface area contributed by atoms with Crippen LogP contribution in [0.3, 0.4) is 0 Å². The Balaban J connectivity index is 1.45. The summed E-state index contributed by atoms with van der Waals surface area (Å²) in [5, 5.41) is 5.00. The first-order valence-corrected chi connectivity index (χ1v) is 9.22. The number of hydrogen-bond acceptors (Lipinski definition) is 5. The quantitative estimate of drug-likeness (QED) is 0.751. The molecule has 0 aliphatic carbocycles. The lowest BCUT2D eigenvalue weighted by Gasteiger charge is -2.17. The minimum atomic E-state index is -0.556. The van der Waals surface area contributed by atoms with E-state index >= 15 is 0 Å². The second-order valence-electron chi connectivity index (χ2n) is 6.10. The Labute approximate surface area is 158 Å². The molecule has 0 unspecified atom stereocenters. The zero-order valence-corrected chi connectivity index (χ0v) is 14.9. The minimum Gasteiger partial charge on any atom is -0.309 e. The molecule has 0 radical (unpaired) electrons. The normalized spacial score (nSPS) is 16.6. The van der Waals surface area contributed by atoms with Gasteiger partial charge in [0.2, 0.25) is 11.8 Å². The summed E-state index contributed by atoms with van der Waals surface area (Å²) in [5.74, 6) is -1.61. The van der Waals surface area contributed by atoms with E-state index in [1.54, 1.807) is 18.3 Å². The summed E-state index contributed by atoms with van der Waals surface area (Å²) in [6, 6.07) is 11.6. The molecule has 1 aromatic carbocycles. The Morgan fingerprint density at radius 3 is 2.78 bits per heavy atom. The van der Waals surface area contributed by atoms with Gasteiger partial charge in [-0.2, -0.15) is 0 Å². The number of thiazole rings is 1. The molecule has 136 valence electrons. The Morgan fingerprint density at radius 1 is 1.19 bits per heavy atom. The highest BCUT2D eigenvalue weighted by atomic mass is 32.1. The van der Waals surface area contributed by atoms with Crippen molar-refractivity contribution in [2.45, 2.75) is 6.42 Å². The van der Waals surface area contributed by atoms with Gasteiger partial charge < -0.3 is 10.2 Å². The number of para-hydroxylation sites is 1. The van der Waals surface area contributed by atoms with Crippen LogP contribution in [-0.2, 0) is 9.59 Å². The van der Waals surface area contributed by atoms with Gasteiger partial charge in [0.05, 0.1) is 17.3 Å². The van der Waals surface area contributed by atoms with Crippen LogP contribution in [-0.4, -0.2) is 28.3 Å². The van der Waals surface area contributed by atoms with Crippen LogP contribution in [0.5, 0.6) is 0 Å². The summed E-state index contributed by atoms with van der Waals surface area (Å²) in [4.78, 5) is 34.7. The van der Waals surface area contributed by atoms with Crippen LogP contribution in [0.2, 0.25) is 0 Å². The molecule has 0 bridgehead atoms. The summed E-state index contributed by atoms with van der Waals surface area (Å²) in [5.41, 5.74) is 1.59. The van der Waals surface area contributed by atoms with Gasteiger partial charge in [-0.15, -0.1) is 11.3 Å². The number of halogens is 1. The van der Waals surface area contributed by atoms with Crippen molar-refractivity contribution in [3.05, 3.63) is 59.9 Å². The number of carbonyl (C=O) groups excluding carboxylic acids is 2. The van der Waals surface area contributed by atoms with Crippen LogP contribution >= 0.6 is 11.3 Å². The van der Waals surface area contributed by atoms with Gasteiger partial charge >= 0.3 is 0 Å². The maximum atomic E-state index is 13.9. The van der Waals surface area contributed by atoms with Gasteiger partial charge in [-0.1, -0.05) is 18.2 Å². The molecule has 2 aromatic heterocycles. The molecule has 3 heterocycles. The number of anilines is 2. The van der Waals surface area contributed by atoms with Crippen molar-refractivity contribution in [3.63, 3.8) is 0 Å². The van der Waals surface area contributed by atoms with Crippen molar-refractivity contribution in [1.29, 1.82) is 0 Å². The smallest absolute Gasteiger partial charge is 0.231 e. The molecular formula is C19H15FN4O2S. The molecule has 2 amide bonds. The number of nitrogens with zero attached hydrogens (tertiary/aromatic N) is 3. The fourth-order valence-electron chi connectivity index (χ4n) is 2.96. The van der Waals surface area contributed by atoms with Gasteiger partial charge in [-0.05, 0) is 24.3 Å². The number of amides is 2. The van der Waals surface area contributed by atoms with Gasteiger partial charge in [0.1, 0.15) is 11.5 Å². The molecule has 1 N–H and O–H groups in total. The lowest BCUT2D eigenvalue weighted by molar-refractivity contribution is -0.122. The van der Waals surface area contributed by atoms with Crippen molar-refractivity contribution >= 4 is 34.0 Å². The summed E-state index contributed by atoms with van der Waals surface area (Å²) in [7, 11) is 0. The Hall–Kier alpha value is -3.13. The molecular weight excluding hydrogens is 367 g/mol. The molecule has 6 nitrogen and oxygen atoms in total. The fourth-order valence-corrected chi connectivity index (χ4v) is 3.66. The highest BCUT2D eigenvalue weighted by molar-refractivity contribution is 7.14. The van der Waals surface area contributed by atoms with Crippen molar-refractivity contribution < 1.29 is 14.0 Å². The second kappa shape index (κ2) is 7.24. The molecule has 1 aliphatic rings. The zero-order valence-electron chi connectivity index (χ0n) is 14.1. The van der Waals surface area contributed by atoms with E-state index < -0.39 is 11.7 Å². The number of nitrogens with one attached hydrogen (secondary N) is 1. The summed E-state index contributed by atoms with van der Waals surface area (Å²) in [6.45, 7) is 0.143. The number of benzene rings is 1. The maximum Gasteiger partial charge on any atom is 0.231 e. The Kier molecular flexibility index (Phi) is 4.64. The van der Waals surface area contributed by atoms with Crippen molar-refractivity contribution in [2.75, 3.05) is 16.8 Å². The number of pyridine rings is 1. The number of carbonyl (C=O) groups is 2. The van der Waals surface area contributed by atoms with Crippen molar-refractivity contribution in [1.82, 2.24) is 9.97 Å². The monoisotopic (exact) mass is 382 g/mol. The van der Waals surface area contributed by atoms with Crippen LogP contribution in [0, 0.1) is 11.7 Å². The van der Waals surface area contributed by atoms with Crippen LogP contribution < -0.4 is 10.2 Å². The standard InChI is InChI=1S/C19H15FN4O2S/c20-13-5-1-2-7-16(13)24-10-12(9-17(24)25)18(26)23-19-22-15(11-27-19)14-6-3-4-8-21-14/h1-8,11-12H,9-10H2,(H,22,23,26)/t12-/m1/s1. The topological polar surface area (TPSA) is 75.2 Å². The molecule has 3 aromatic rings. The van der Waals surface area contributed by atoms with Crippen molar-refractivity contribution in [2.24, 2.45) is 5.92 Å². The Bertz CT molecular complexity index is 992.